The molecule has 2 aliphatic rings. The van der Waals surface area contributed by atoms with Gasteiger partial charge in [-0.05, 0) is 0 Å². The van der Waals surface area contributed by atoms with Crippen LogP contribution in [0.25, 0.3) is 0 Å². The molecule has 82 valence electrons. The highest BCUT2D eigenvalue weighted by Gasteiger charge is 2.42. The van der Waals surface area contributed by atoms with E-state index in [2.05, 4.69) is 10.2 Å². The van der Waals surface area contributed by atoms with E-state index in [0.29, 0.717) is 19.8 Å². The van der Waals surface area contributed by atoms with Gasteiger partial charge in [-0.15, -0.1) is 0 Å². The molecule has 3 N–H and O–H groups in total. The molecule has 1 unspecified atom stereocenters. The van der Waals surface area contributed by atoms with Gasteiger partial charge in [0.2, 0.25) is 10.0 Å². The molecule has 0 radical (unpaired) electrons. The Hall–Kier alpha value is -0.210. The molecule has 6 nitrogen and oxygen atoms in total. The van der Waals surface area contributed by atoms with Gasteiger partial charge in [-0.3, -0.25) is 10.2 Å². The summed E-state index contributed by atoms with van der Waals surface area (Å²) in [6, 6.07) is 0.0221. The summed E-state index contributed by atoms with van der Waals surface area (Å²) in [5, 5.41) is 7.33. The molecular weight excluding hydrogens is 206 g/mol. The second-order valence-electron chi connectivity index (χ2n) is 3.63. The minimum Gasteiger partial charge on any atom is -0.379 e. The minimum atomic E-state index is -3.46. The first-order valence-corrected chi connectivity index (χ1v) is 6.27. The van der Waals surface area contributed by atoms with Crippen molar-refractivity contribution in [1.29, 1.82) is 0 Å². The number of primary sulfonamides is 1. The number of hydrogen-bond acceptors (Lipinski definition) is 5. The molecule has 0 aliphatic carbocycles. The number of sulfonamides is 1. The lowest BCUT2D eigenvalue weighted by Crippen LogP contribution is -2.70. The number of hydrogen-bond donors (Lipinski definition) is 2. The van der Waals surface area contributed by atoms with Crippen molar-refractivity contribution in [2.24, 2.45) is 5.14 Å². The van der Waals surface area contributed by atoms with Crippen molar-refractivity contribution >= 4 is 10.0 Å². The second-order valence-corrected chi connectivity index (χ2v) is 5.32. The van der Waals surface area contributed by atoms with E-state index >= 15 is 0 Å². The zero-order valence-corrected chi connectivity index (χ0v) is 8.66. The average molecular weight is 221 g/mol. The van der Waals surface area contributed by atoms with Gasteiger partial charge in [-0.1, -0.05) is 0 Å². The van der Waals surface area contributed by atoms with E-state index in [9.17, 15) is 8.42 Å². The van der Waals surface area contributed by atoms with Crippen molar-refractivity contribution < 1.29 is 13.2 Å². The normalized spacial score (nSPS) is 35.2. The van der Waals surface area contributed by atoms with Crippen LogP contribution in [-0.4, -0.2) is 57.6 Å². The zero-order valence-electron chi connectivity index (χ0n) is 7.85. The highest BCUT2D eigenvalue weighted by atomic mass is 32.2. The van der Waals surface area contributed by atoms with E-state index in [1.165, 1.54) is 0 Å². The van der Waals surface area contributed by atoms with Crippen LogP contribution in [0.5, 0.6) is 0 Å². The van der Waals surface area contributed by atoms with Gasteiger partial charge < -0.3 is 4.74 Å². The quantitative estimate of drug-likeness (QED) is 0.558. The Kier molecular flexibility index (Phi) is 2.76. The smallest absolute Gasteiger partial charge is 0.226 e. The fourth-order valence-electron chi connectivity index (χ4n) is 1.88. The van der Waals surface area contributed by atoms with Crippen LogP contribution >= 0.6 is 0 Å². The summed E-state index contributed by atoms with van der Waals surface area (Å²) in [7, 11) is -3.46. The Balaban J connectivity index is 1.98. The molecule has 2 aliphatic heterocycles. The number of ether oxygens (including phenoxy) is 1. The van der Waals surface area contributed by atoms with Crippen molar-refractivity contribution in [3.8, 4) is 0 Å². The Labute approximate surface area is 83.4 Å². The lowest BCUT2D eigenvalue weighted by molar-refractivity contribution is -0.0000784. The molecule has 2 fully saturated rings. The summed E-state index contributed by atoms with van der Waals surface area (Å²) in [5.74, 6) is 0. The maximum Gasteiger partial charge on any atom is 0.226 e. The minimum absolute atomic E-state index is 0.0221. The van der Waals surface area contributed by atoms with E-state index < -0.39 is 15.4 Å². The van der Waals surface area contributed by atoms with Gasteiger partial charge >= 0.3 is 0 Å². The van der Waals surface area contributed by atoms with Gasteiger partial charge in [0.1, 0.15) is 5.37 Å². The molecule has 0 aromatic rings. The Morgan fingerprint density at radius 1 is 1.36 bits per heavy atom. The number of nitrogens with zero attached hydrogens (tertiary/aromatic N) is 1. The van der Waals surface area contributed by atoms with Gasteiger partial charge in [0.05, 0.1) is 19.3 Å². The number of nitrogens with two attached hydrogens (primary N) is 1. The van der Waals surface area contributed by atoms with Crippen LogP contribution in [0.4, 0.5) is 0 Å². The van der Waals surface area contributed by atoms with Crippen molar-refractivity contribution in [2.75, 3.05) is 32.8 Å². The summed E-state index contributed by atoms with van der Waals surface area (Å²) in [6.07, 6.45) is 0. The Bertz CT molecular complexity index is 299. The molecule has 0 spiro atoms. The molecule has 2 heterocycles. The number of rotatable bonds is 2. The molecular formula is C7H15N3O3S. The fourth-order valence-corrected chi connectivity index (χ4v) is 2.92. The molecule has 7 heteroatoms. The topological polar surface area (TPSA) is 84.7 Å². The van der Waals surface area contributed by atoms with E-state index in [1.807, 2.05) is 0 Å². The maximum atomic E-state index is 11.1. The van der Waals surface area contributed by atoms with Crippen molar-refractivity contribution in [3.05, 3.63) is 0 Å². The van der Waals surface area contributed by atoms with Crippen LogP contribution in [0.15, 0.2) is 0 Å². The van der Waals surface area contributed by atoms with Gasteiger partial charge in [0.15, 0.2) is 0 Å². The first-order chi connectivity index (χ1) is 6.59. The average Bonchev–Trinajstić information content (AvgIpc) is 2.00. The van der Waals surface area contributed by atoms with Gasteiger partial charge in [-0.25, -0.2) is 13.6 Å². The van der Waals surface area contributed by atoms with Gasteiger partial charge in [-0.2, -0.15) is 0 Å². The fraction of sp³-hybridized carbons (Fsp3) is 1.00. The third kappa shape index (κ3) is 1.91. The maximum absolute atomic E-state index is 11.1. The molecule has 2 saturated heterocycles. The molecule has 0 saturated carbocycles. The number of morpholine rings is 1. The summed E-state index contributed by atoms with van der Waals surface area (Å²) in [4.78, 5) is 2.12. The lowest BCUT2D eigenvalue weighted by atomic mass is 10.1. The van der Waals surface area contributed by atoms with Crippen LogP contribution in [0.2, 0.25) is 0 Å². The van der Waals surface area contributed by atoms with Crippen molar-refractivity contribution in [3.63, 3.8) is 0 Å². The summed E-state index contributed by atoms with van der Waals surface area (Å²) >= 11 is 0. The van der Waals surface area contributed by atoms with Crippen LogP contribution in [0.1, 0.15) is 0 Å². The van der Waals surface area contributed by atoms with Crippen LogP contribution in [-0.2, 0) is 14.8 Å². The summed E-state index contributed by atoms with van der Waals surface area (Å²) in [6.45, 7) is 3.62. The third-order valence-electron chi connectivity index (χ3n) is 2.75. The third-order valence-corrected chi connectivity index (χ3v) is 3.94. The Morgan fingerprint density at radius 3 is 2.43 bits per heavy atom. The molecule has 0 aromatic heterocycles. The van der Waals surface area contributed by atoms with Crippen LogP contribution in [0, 0.1) is 0 Å². The van der Waals surface area contributed by atoms with E-state index in [4.69, 9.17) is 9.88 Å². The Morgan fingerprint density at radius 2 is 2.00 bits per heavy atom. The molecule has 0 bridgehead atoms. The highest BCUT2D eigenvalue weighted by Crippen LogP contribution is 2.17. The molecule has 14 heavy (non-hydrogen) atoms. The molecule has 2 rings (SSSR count). The predicted molar refractivity (Wildman–Crippen MR) is 51.1 cm³/mol. The summed E-state index contributed by atoms with van der Waals surface area (Å²) < 4.78 is 27.4. The highest BCUT2D eigenvalue weighted by molar-refractivity contribution is 7.89. The summed E-state index contributed by atoms with van der Waals surface area (Å²) in [5.41, 5.74) is 0. The van der Waals surface area contributed by atoms with E-state index in [1.54, 1.807) is 0 Å². The molecule has 0 aromatic carbocycles. The van der Waals surface area contributed by atoms with Crippen LogP contribution in [0.3, 0.4) is 0 Å². The van der Waals surface area contributed by atoms with Crippen molar-refractivity contribution in [2.45, 2.75) is 11.4 Å². The SMILES string of the molecule is NS(=O)(=O)C1NC[C@H]1N1CCOCC1. The monoisotopic (exact) mass is 221 g/mol. The molecule has 2 atom stereocenters. The first kappa shape index (κ1) is 10.3. The number of nitrogens with one attached hydrogen (secondary N) is 1. The largest absolute Gasteiger partial charge is 0.379 e. The zero-order chi connectivity index (χ0) is 10.2. The predicted octanol–water partition coefficient (Wildman–Crippen LogP) is -2.09. The van der Waals surface area contributed by atoms with Crippen molar-refractivity contribution in [1.82, 2.24) is 10.2 Å². The molecule has 0 amide bonds. The van der Waals surface area contributed by atoms with Crippen LogP contribution < -0.4 is 10.5 Å². The standard InChI is InChI=1S/C7H15N3O3S/c8-14(11,12)7-6(5-9-7)10-1-3-13-4-2-10/h6-7,9H,1-5H2,(H2,8,11,12)/t6-,7?/m1/s1. The van der Waals surface area contributed by atoms with E-state index in [0.717, 1.165) is 13.1 Å². The first-order valence-electron chi connectivity index (χ1n) is 4.66. The van der Waals surface area contributed by atoms with E-state index in [-0.39, 0.29) is 6.04 Å². The van der Waals surface area contributed by atoms with Gasteiger partial charge in [0, 0.05) is 19.6 Å². The lowest BCUT2D eigenvalue weighted by Gasteiger charge is -2.44. The second kappa shape index (κ2) is 3.74. The van der Waals surface area contributed by atoms with Gasteiger partial charge in [0.25, 0.3) is 0 Å².